The average molecular weight is 332 g/mol. The number of hydrogen-bond donors (Lipinski definition) is 1. The van der Waals surface area contributed by atoms with Gasteiger partial charge in [-0.1, -0.05) is 22.9 Å². The highest BCUT2D eigenvalue weighted by molar-refractivity contribution is 9.10. The van der Waals surface area contributed by atoms with E-state index in [4.69, 9.17) is 9.97 Å². The molecule has 0 fully saturated rings. The van der Waals surface area contributed by atoms with E-state index in [1.165, 1.54) is 22.5 Å². The van der Waals surface area contributed by atoms with Gasteiger partial charge in [0, 0.05) is 40.8 Å². The fourth-order valence-electron chi connectivity index (χ4n) is 2.70. The van der Waals surface area contributed by atoms with Crippen LogP contribution in [0, 0.1) is 6.92 Å². The summed E-state index contributed by atoms with van der Waals surface area (Å²) in [4.78, 5) is 9.62. The summed E-state index contributed by atoms with van der Waals surface area (Å²) in [6, 6.07) is 6.27. The first-order valence-electron chi connectivity index (χ1n) is 7.05. The zero-order valence-electron chi connectivity index (χ0n) is 11.8. The molecule has 3 rings (SSSR count). The van der Waals surface area contributed by atoms with Crippen molar-refractivity contribution in [3.8, 4) is 11.4 Å². The monoisotopic (exact) mass is 331 g/mol. The molecule has 1 aliphatic heterocycles. The van der Waals surface area contributed by atoms with E-state index in [2.05, 4.69) is 53.3 Å². The second-order valence-corrected chi connectivity index (χ2v) is 6.07. The van der Waals surface area contributed by atoms with Crippen LogP contribution >= 0.6 is 15.9 Å². The number of aromatic nitrogens is 2. The van der Waals surface area contributed by atoms with E-state index < -0.39 is 0 Å². The molecule has 2 heterocycles. The lowest BCUT2D eigenvalue weighted by atomic mass is 10.0. The van der Waals surface area contributed by atoms with Gasteiger partial charge in [-0.05, 0) is 37.1 Å². The highest BCUT2D eigenvalue weighted by Gasteiger charge is 2.17. The van der Waals surface area contributed by atoms with Gasteiger partial charge in [-0.3, -0.25) is 0 Å². The van der Waals surface area contributed by atoms with Crippen LogP contribution in [0.25, 0.3) is 11.4 Å². The molecule has 1 aromatic heterocycles. The summed E-state index contributed by atoms with van der Waals surface area (Å²) in [6.45, 7) is 6.18. The van der Waals surface area contributed by atoms with Crippen LogP contribution < -0.4 is 5.32 Å². The smallest absolute Gasteiger partial charge is 0.159 e. The van der Waals surface area contributed by atoms with Crippen molar-refractivity contribution >= 4 is 15.9 Å². The number of rotatable bonds is 2. The molecule has 0 radical (unpaired) electrons. The van der Waals surface area contributed by atoms with E-state index in [0.717, 1.165) is 41.8 Å². The molecule has 20 heavy (non-hydrogen) atoms. The molecular formula is C16H18BrN3. The van der Waals surface area contributed by atoms with Crippen LogP contribution in [0.3, 0.4) is 0 Å². The maximum atomic E-state index is 4.82. The number of nitrogens with zero attached hydrogens (tertiary/aromatic N) is 2. The van der Waals surface area contributed by atoms with Crippen molar-refractivity contribution in [1.82, 2.24) is 15.3 Å². The molecule has 0 amide bonds. The highest BCUT2D eigenvalue weighted by atomic mass is 79.9. The fourth-order valence-corrected chi connectivity index (χ4v) is 3.18. The first-order valence-corrected chi connectivity index (χ1v) is 7.84. The fraction of sp³-hybridized carbons (Fsp3) is 0.375. The first kappa shape index (κ1) is 13.7. The summed E-state index contributed by atoms with van der Waals surface area (Å²) in [5, 5.41) is 3.41. The maximum Gasteiger partial charge on any atom is 0.159 e. The van der Waals surface area contributed by atoms with E-state index in [0.29, 0.717) is 0 Å². The molecule has 104 valence electrons. The van der Waals surface area contributed by atoms with Crippen molar-refractivity contribution in [3.05, 3.63) is 45.2 Å². The summed E-state index contributed by atoms with van der Waals surface area (Å²) in [6.07, 6.45) is 1.95. The van der Waals surface area contributed by atoms with Crippen LogP contribution in [0.5, 0.6) is 0 Å². The Morgan fingerprint density at radius 3 is 2.90 bits per heavy atom. The molecular weight excluding hydrogens is 314 g/mol. The molecule has 1 N–H and O–H groups in total. The van der Waals surface area contributed by atoms with Crippen LogP contribution in [0.1, 0.15) is 29.4 Å². The standard InChI is InChI=1S/C16H18BrN3/c1-3-14-13-9-18-7-6-15(13)20-16(19-14)12-5-4-11(17)8-10(12)2/h4-5,8,18H,3,6-7,9H2,1-2H3. The van der Waals surface area contributed by atoms with Crippen LogP contribution in [0.15, 0.2) is 22.7 Å². The van der Waals surface area contributed by atoms with Gasteiger partial charge in [0.1, 0.15) is 0 Å². The van der Waals surface area contributed by atoms with Crippen molar-refractivity contribution in [2.75, 3.05) is 6.54 Å². The van der Waals surface area contributed by atoms with Crippen LogP contribution in [-0.4, -0.2) is 16.5 Å². The Hall–Kier alpha value is -1.26. The molecule has 4 heteroatoms. The molecule has 0 bridgehead atoms. The Morgan fingerprint density at radius 2 is 2.15 bits per heavy atom. The quantitative estimate of drug-likeness (QED) is 0.916. The summed E-state index contributed by atoms with van der Waals surface area (Å²) in [5.74, 6) is 0.868. The third-order valence-electron chi connectivity index (χ3n) is 3.78. The predicted molar refractivity (Wildman–Crippen MR) is 84.7 cm³/mol. The minimum Gasteiger partial charge on any atom is -0.312 e. The maximum absolute atomic E-state index is 4.82. The SMILES string of the molecule is CCc1nc(-c2ccc(Br)cc2C)nc2c1CNCC2. The van der Waals surface area contributed by atoms with Gasteiger partial charge in [0.15, 0.2) is 5.82 Å². The van der Waals surface area contributed by atoms with E-state index in [1.54, 1.807) is 0 Å². The Morgan fingerprint density at radius 1 is 1.30 bits per heavy atom. The molecule has 0 aliphatic carbocycles. The highest BCUT2D eigenvalue weighted by Crippen LogP contribution is 2.26. The van der Waals surface area contributed by atoms with Gasteiger partial charge in [-0.15, -0.1) is 0 Å². The number of nitrogens with one attached hydrogen (secondary N) is 1. The predicted octanol–water partition coefficient (Wildman–Crippen LogP) is 3.42. The molecule has 0 spiro atoms. The molecule has 2 aromatic rings. The van der Waals surface area contributed by atoms with E-state index in [-0.39, 0.29) is 0 Å². The summed E-state index contributed by atoms with van der Waals surface area (Å²) >= 11 is 3.51. The van der Waals surface area contributed by atoms with Crippen molar-refractivity contribution in [2.24, 2.45) is 0 Å². The Kier molecular flexibility index (Phi) is 3.85. The number of fused-ring (bicyclic) bond motifs is 1. The molecule has 3 nitrogen and oxygen atoms in total. The molecule has 0 unspecified atom stereocenters. The molecule has 0 saturated carbocycles. The van der Waals surface area contributed by atoms with Crippen molar-refractivity contribution in [2.45, 2.75) is 33.2 Å². The van der Waals surface area contributed by atoms with Crippen molar-refractivity contribution in [3.63, 3.8) is 0 Å². The zero-order chi connectivity index (χ0) is 14.1. The molecule has 0 saturated heterocycles. The Labute approximate surface area is 128 Å². The van der Waals surface area contributed by atoms with Crippen LogP contribution in [0.2, 0.25) is 0 Å². The van der Waals surface area contributed by atoms with E-state index >= 15 is 0 Å². The van der Waals surface area contributed by atoms with Crippen LogP contribution in [-0.2, 0) is 19.4 Å². The number of aryl methyl sites for hydroxylation is 2. The topological polar surface area (TPSA) is 37.8 Å². The van der Waals surface area contributed by atoms with Gasteiger partial charge >= 0.3 is 0 Å². The lowest BCUT2D eigenvalue weighted by Crippen LogP contribution is -2.26. The van der Waals surface area contributed by atoms with Crippen molar-refractivity contribution in [1.29, 1.82) is 0 Å². The summed E-state index contributed by atoms with van der Waals surface area (Å²) < 4.78 is 1.09. The second kappa shape index (κ2) is 5.62. The second-order valence-electron chi connectivity index (χ2n) is 5.16. The van der Waals surface area contributed by atoms with Gasteiger partial charge < -0.3 is 5.32 Å². The van der Waals surface area contributed by atoms with E-state index in [9.17, 15) is 0 Å². The summed E-state index contributed by atoms with van der Waals surface area (Å²) in [5.41, 5.74) is 6.03. The number of hydrogen-bond acceptors (Lipinski definition) is 3. The lowest BCUT2D eigenvalue weighted by Gasteiger charge is -2.20. The minimum absolute atomic E-state index is 0.868. The third kappa shape index (κ3) is 2.50. The minimum atomic E-state index is 0.868. The van der Waals surface area contributed by atoms with Gasteiger partial charge in [0.25, 0.3) is 0 Å². The largest absolute Gasteiger partial charge is 0.312 e. The summed E-state index contributed by atoms with van der Waals surface area (Å²) in [7, 11) is 0. The van der Waals surface area contributed by atoms with Gasteiger partial charge in [-0.2, -0.15) is 0 Å². The normalized spacial score (nSPS) is 14.2. The van der Waals surface area contributed by atoms with Gasteiger partial charge in [0.05, 0.1) is 5.69 Å². The first-order chi connectivity index (χ1) is 9.69. The van der Waals surface area contributed by atoms with Crippen molar-refractivity contribution < 1.29 is 0 Å². The molecule has 1 aliphatic rings. The average Bonchev–Trinajstić information content (AvgIpc) is 2.46. The number of benzene rings is 1. The Balaban J connectivity index is 2.14. The zero-order valence-corrected chi connectivity index (χ0v) is 13.4. The van der Waals surface area contributed by atoms with Gasteiger partial charge in [0.2, 0.25) is 0 Å². The third-order valence-corrected chi connectivity index (χ3v) is 4.28. The Bertz CT molecular complexity index is 635. The van der Waals surface area contributed by atoms with E-state index in [1.807, 2.05) is 0 Å². The van der Waals surface area contributed by atoms with Gasteiger partial charge in [-0.25, -0.2) is 9.97 Å². The van der Waals surface area contributed by atoms with Crippen LogP contribution in [0.4, 0.5) is 0 Å². The lowest BCUT2D eigenvalue weighted by molar-refractivity contribution is 0.618. The molecule has 1 aromatic carbocycles. The number of halogens is 1. The molecule has 0 atom stereocenters.